The van der Waals surface area contributed by atoms with Crippen LogP contribution in [0.25, 0.3) is 55.6 Å². The van der Waals surface area contributed by atoms with Crippen LogP contribution >= 0.6 is 0 Å². The molecule has 0 fully saturated rings. The maximum Gasteiger partial charge on any atom is 0.227 e. The summed E-state index contributed by atoms with van der Waals surface area (Å²) >= 11 is 0. The Morgan fingerprint density at radius 2 is 1.45 bits per heavy atom. The summed E-state index contributed by atoms with van der Waals surface area (Å²) in [7, 11) is 0. The van der Waals surface area contributed by atoms with Crippen LogP contribution in [0.4, 0.5) is 0 Å². The van der Waals surface area contributed by atoms with E-state index >= 15 is 0 Å². The average molecular weight is 375 g/mol. The predicted octanol–water partition coefficient (Wildman–Crippen LogP) is 7.37. The van der Waals surface area contributed by atoms with Crippen molar-refractivity contribution in [2.24, 2.45) is 0 Å². The largest absolute Gasteiger partial charge is 0.455 e. The van der Waals surface area contributed by atoms with Gasteiger partial charge in [-0.25, -0.2) is 4.98 Å². The molecule has 6 rings (SSSR count). The van der Waals surface area contributed by atoms with Crippen LogP contribution in [0.1, 0.15) is 5.56 Å². The van der Waals surface area contributed by atoms with E-state index in [1.807, 2.05) is 48.5 Å². The molecule has 6 aromatic rings. The van der Waals surface area contributed by atoms with E-state index in [9.17, 15) is 0 Å². The van der Waals surface area contributed by atoms with E-state index < -0.39 is 0 Å². The molecule has 3 heteroatoms. The highest BCUT2D eigenvalue weighted by Gasteiger charge is 2.13. The summed E-state index contributed by atoms with van der Waals surface area (Å²) in [5, 5.41) is 2.28. The van der Waals surface area contributed by atoms with Gasteiger partial charge in [-0.15, -0.1) is 0 Å². The van der Waals surface area contributed by atoms with Crippen molar-refractivity contribution >= 4 is 33.0 Å². The first-order chi connectivity index (χ1) is 14.3. The fourth-order valence-corrected chi connectivity index (χ4v) is 3.93. The lowest BCUT2D eigenvalue weighted by molar-refractivity contribution is 0.620. The van der Waals surface area contributed by atoms with Crippen LogP contribution in [0.5, 0.6) is 0 Å². The van der Waals surface area contributed by atoms with Crippen molar-refractivity contribution < 1.29 is 8.83 Å². The lowest BCUT2D eigenvalue weighted by Gasteiger charge is -2.03. The first-order valence-electron chi connectivity index (χ1n) is 9.64. The van der Waals surface area contributed by atoms with Gasteiger partial charge in [0.25, 0.3) is 0 Å². The molecule has 0 unspecified atom stereocenters. The van der Waals surface area contributed by atoms with E-state index in [-0.39, 0.29) is 0 Å². The van der Waals surface area contributed by atoms with Crippen molar-refractivity contribution in [3.8, 4) is 22.6 Å². The molecule has 0 bridgehead atoms. The van der Waals surface area contributed by atoms with Gasteiger partial charge in [0, 0.05) is 21.9 Å². The number of nitrogens with zero attached hydrogens (tertiary/aromatic N) is 1. The van der Waals surface area contributed by atoms with E-state index in [1.54, 1.807) is 0 Å². The molecule has 4 aromatic carbocycles. The van der Waals surface area contributed by atoms with Crippen molar-refractivity contribution in [2.45, 2.75) is 6.92 Å². The smallest absolute Gasteiger partial charge is 0.227 e. The number of aromatic nitrogens is 1. The number of fused-ring (bicyclic) bond motifs is 4. The van der Waals surface area contributed by atoms with Gasteiger partial charge in [0.1, 0.15) is 16.7 Å². The second-order valence-corrected chi connectivity index (χ2v) is 7.35. The summed E-state index contributed by atoms with van der Waals surface area (Å²) in [5.41, 5.74) is 7.83. The summed E-state index contributed by atoms with van der Waals surface area (Å²) in [6.07, 6.45) is 0. The Balaban J connectivity index is 1.45. The Morgan fingerprint density at radius 1 is 0.655 bits per heavy atom. The van der Waals surface area contributed by atoms with Crippen molar-refractivity contribution in [2.75, 3.05) is 0 Å². The molecular weight excluding hydrogens is 358 g/mol. The van der Waals surface area contributed by atoms with Gasteiger partial charge in [-0.05, 0) is 48.4 Å². The molecule has 0 aliphatic heterocycles. The van der Waals surface area contributed by atoms with Crippen molar-refractivity contribution in [1.29, 1.82) is 0 Å². The average Bonchev–Trinajstić information content (AvgIpc) is 3.35. The number of hydrogen-bond acceptors (Lipinski definition) is 3. The maximum absolute atomic E-state index is 6.17. The van der Waals surface area contributed by atoms with Crippen molar-refractivity contribution in [3.63, 3.8) is 0 Å². The second-order valence-electron chi connectivity index (χ2n) is 7.35. The van der Waals surface area contributed by atoms with Gasteiger partial charge >= 0.3 is 0 Å². The zero-order chi connectivity index (χ0) is 19.4. The van der Waals surface area contributed by atoms with Crippen LogP contribution in [-0.2, 0) is 0 Å². The molecule has 0 saturated carbocycles. The summed E-state index contributed by atoms with van der Waals surface area (Å²) in [6, 6.07) is 28.8. The topological polar surface area (TPSA) is 39.2 Å². The van der Waals surface area contributed by atoms with Crippen molar-refractivity contribution in [3.05, 3.63) is 90.5 Å². The third-order valence-corrected chi connectivity index (χ3v) is 5.39. The summed E-state index contributed by atoms with van der Waals surface area (Å²) < 4.78 is 12.1. The molecule has 0 N–H and O–H groups in total. The monoisotopic (exact) mass is 375 g/mol. The molecule has 2 aromatic heterocycles. The molecule has 2 heterocycles. The zero-order valence-electron chi connectivity index (χ0n) is 15.8. The van der Waals surface area contributed by atoms with Crippen LogP contribution in [-0.4, -0.2) is 4.98 Å². The van der Waals surface area contributed by atoms with Crippen molar-refractivity contribution in [1.82, 2.24) is 4.98 Å². The van der Waals surface area contributed by atoms with E-state index in [0.29, 0.717) is 5.89 Å². The third kappa shape index (κ3) is 2.55. The van der Waals surface area contributed by atoms with E-state index in [0.717, 1.165) is 49.7 Å². The van der Waals surface area contributed by atoms with E-state index in [2.05, 4.69) is 48.3 Å². The maximum atomic E-state index is 6.17. The number of benzene rings is 4. The summed E-state index contributed by atoms with van der Waals surface area (Å²) in [4.78, 5) is 4.64. The molecule has 29 heavy (non-hydrogen) atoms. The molecule has 0 amide bonds. The molecule has 138 valence electrons. The Labute approximate surface area is 167 Å². The third-order valence-electron chi connectivity index (χ3n) is 5.39. The Morgan fingerprint density at radius 3 is 2.34 bits per heavy atom. The molecule has 0 aliphatic rings. The summed E-state index contributed by atoms with van der Waals surface area (Å²) in [6.45, 7) is 2.06. The second kappa shape index (κ2) is 6.08. The molecule has 0 saturated heterocycles. The summed E-state index contributed by atoms with van der Waals surface area (Å²) in [5.74, 6) is 0.638. The van der Waals surface area contributed by atoms with Gasteiger partial charge in [-0.1, -0.05) is 54.6 Å². The minimum Gasteiger partial charge on any atom is -0.455 e. The number of hydrogen-bond donors (Lipinski definition) is 0. The Bertz CT molecular complexity index is 1500. The van der Waals surface area contributed by atoms with Crippen LogP contribution in [0.2, 0.25) is 0 Å². The quantitative estimate of drug-likeness (QED) is 0.317. The van der Waals surface area contributed by atoms with Crippen LogP contribution in [0, 0.1) is 6.92 Å². The number of rotatable bonds is 2. The number of oxazole rings is 1. The first-order valence-corrected chi connectivity index (χ1v) is 9.64. The minimum absolute atomic E-state index is 0.638. The van der Waals surface area contributed by atoms with Crippen LogP contribution in [0.15, 0.2) is 93.8 Å². The van der Waals surface area contributed by atoms with Gasteiger partial charge in [0.05, 0.1) is 0 Å². The standard InChI is InChI=1S/C26H17NO2/c1-16-9-14-24-22(15-16)27-26(29-24)18-12-10-17(11-13-18)19-6-4-7-21-20-5-2-3-8-23(20)28-25(19)21/h2-15H,1H3. The zero-order valence-corrected chi connectivity index (χ0v) is 15.8. The number of aryl methyl sites for hydroxylation is 1. The highest BCUT2D eigenvalue weighted by molar-refractivity contribution is 6.09. The molecule has 3 nitrogen and oxygen atoms in total. The number of furan rings is 1. The fraction of sp³-hybridized carbons (Fsp3) is 0.0385. The molecule has 0 radical (unpaired) electrons. The molecular formula is C26H17NO2. The van der Waals surface area contributed by atoms with Gasteiger partial charge in [-0.3, -0.25) is 0 Å². The highest BCUT2D eigenvalue weighted by atomic mass is 16.3. The molecule has 0 atom stereocenters. The lowest BCUT2D eigenvalue weighted by Crippen LogP contribution is -1.81. The van der Waals surface area contributed by atoms with Gasteiger partial charge < -0.3 is 8.83 Å². The first kappa shape index (κ1) is 16.1. The Kier molecular flexibility index (Phi) is 3.38. The van der Waals surface area contributed by atoms with Crippen LogP contribution < -0.4 is 0 Å². The number of para-hydroxylation sites is 2. The highest BCUT2D eigenvalue weighted by Crippen LogP contribution is 2.36. The molecule has 0 spiro atoms. The van der Waals surface area contributed by atoms with Gasteiger partial charge in [-0.2, -0.15) is 0 Å². The van der Waals surface area contributed by atoms with Crippen LogP contribution in [0.3, 0.4) is 0 Å². The normalized spacial score (nSPS) is 11.6. The Hall–Kier alpha value is -3.85. The van der Waals surface area contributed by atoms with Gasteiger partial charge in [0.2, 0.25) is 5.89 Å². The predicted molar refractivity (Wildman–Crippen MR) is 117 cm³/mol. The lowest BCUT2D eigenvalue weighted by atomic mass is 10.0. The fourth-order valence-electron chi connectivity index (χ4n) is 3.93. The minimum atomic E-state index is 0.638. The van der Waals surface area contributed by atoms with E-state index in [4.69, 9.17) is 8.83 Å². The SMILES string of the molecule is Cc1ccc2oc(-c3ccc(-c4cccc5c4oc4ccccc45)cc3)nc2c1. The van der Waals surface area contributed by atoms with E-state index in [1.165, 1.54) is 5.56 Å². The molecule has 0 aliphatic carbocycles. The van der Waals surface area contributed by atoms with Gasteiger partial charge in [0.15, 0.2) is 5.58 Å².